The highest BCUT2D eigenvalue weighted by molar-refractivity contribution is 7.91. The Bertz CT molecular complexity index is 874. The van der Waals surface area contributed by atoms with Crippen LogP contribution >= 0.6 is 0 Å². The molecule has 2 aromatic rings. The molecular weight excluding hydrogens is 360 g/mol. The molecule has 1 aromatic heterocycles. The number of sulfone groups is 1. The zero-order chi connectivity index (χ0) is 18.6. The number of alkyl halides is 2. The minimum atomic E-state index is -4.70. The molecule has 1 aromatic carbocycles. The fraction of sp³-hybridized carbons (Fsp3) is 0.200. The van der Waals surface area contributed by atoms with Crippen molar-refractivity contribution in [3.8, 4) is 0 Å². The average molecular weight is 373 g/mol. The summed E-state index contributed by atoms with van der Waals surface area (Å²) in [5.74, 6) is -5.05. The molecule has 0 atom stereocenters. The Morgan fingerprint density at radius 1 is 1.20 bits per heavy atom. The molecule has 10 heteroatoms. The van der Waals surface area contributed by atoms with E-state index in [2.05, 4.69) is 5.32 Å². The van der Waals surface area contributed by atoms with E-state index in [1.807, 2.05) is 0 Å². The number of nitrogens with one attached hydrogen (secondary N) is 1. The van der Waals surface area contributed by atoms with Gasteiger partial charge in [0.15, 0.2) is 6.61 Å². The average Bonchev–Trinajstić information content (AvgIpc) is 2.99. The lowest BCUT2D eigenvalue weighted by Crippen LogP contribution is -2.21. The monoisotopic (exact) mass is 373 g/mol. The van der Waals surface area contributed by atoms with E-state index < -0.39 is 39.0 Å². The number of esters is 1. The van der Waals surface area contributed by atoms with Crippen molar-refractivity contribution >= 4 is 27.4 Å². The van der Waals surface area contributed by atoms with Crippen LogP contribution in [0.4, 0.5) is 14.5 Å². The standard InChI is InChI=1S/C15H13F2NO6S/c1-9-6-7-23-13(9)14(20)24-8-12(19)18-10-2-4-11(5-3-10)25(21,22)15(16)17/h2-7,15H,8H2,1H3,(H,18,19). The van der Waals surface area contributed by atoms with Gasteiger partial charge < -0.3 is 14.5 Å². The fourth-order valence-electron chi connectivity index (χ4n) is 1.81. The number of carbonyl (C=O) groups excluding carboxylic acids is 2. The Morgan fingerprint density at radius 3 is 2.36 bits per heavy atom. The molecule has 1 N–H and O–H groups in total. The minimum absolute atomic E-state index is 0.0191. The van der Waals surface area contributed by atoms with Gasteiger partial charge in [0.05, 0.1) is 11.2 Å². The second-order valence-electron chi connectivity index (χ2n) is 4.89. The first-order valence-electron chi connectivity index (χ1n) is 6.85. The van der Waals surface area contributed by atoms with Crippen molar-refractivity contribution in [3.05, 3.63) is 47.9 Å². The zero-order valence-electron chi connectivity index (χ0n) is 12.9. The third-order valence-electron chi connectivity index (χ3n) is 3.08. The number of carbonyl (C=O) groups is 2. The molecule has 0 bridgehead atoms. The first kappa shape index (κ1) is 18.6. The van der Waals surface area contributed by atoms with Crippen LogP contribution in [0, 0.1) is 6.92 Å². The molecule has 0 radical (unpaired) electrons. The van der Waals surface area contributed by atoms with Crippen LogP contribution in [0.5, 0.6) is 0 Å². The number of halogens is 2. The maximum atomic E-state index is 12.4. The zero-order valence-corrected chi connectivity index (χ0v) is 13.7. The van der Waals surface area contributed by atoms with Gasteiger partial charge in [0.2, 0.25) is 15.6 Å². The minimum Gasteiger partial charge on any atom is -0.457 e. The van der Waals surface area contributed by atoms with Crippen molar-refractivity contribution < 1.29 is 35.9 Å². The van der Waals surface area contributed by atoms with Gasteiger partial charge in [-0.05, 0) is 37.3 Å². The molecule has 0 aliphatic heterocycles. The number of rotatable bonds is 6. The predicted octanol–water partition coefficient (Wildman–Crippen LogP) is 2.38. The number of hydrogen-bond acceptors (Lipinski definition) is 6. The second kappa shape index (κ2) is 7.43. The smallest absolute Gasteiger partial charge is 0.375 e. The number of furan rings is 1. The normalized spacial score (nSPS) is 11.4. The lowest BCUT2D eigenvalue weighted by molar-refractivity contribution is -0.119. The molecule has 134 valence electrons. The third kappa shape index (κ3) is 4.41. The SMILES string of the molecule is Cc1ccoc1C(=O)OCC(=O)Nc1ccc(S(=O)(=O)C(F)F)cc1. The van der Waals surface area contributed by atoms with E-state index in [0.29, 0.717) is 5.56 Å². The maximum absolute atomic E-state index is 12.4. The molecule has 7 nitrogen and oxygen atoms in total. The summed E-state index contributed by atoms with van der Waals surface area (Å²) in [6, 6.07) is 5.73. The third-order valence-corrected chi connectivity index (χ3v) is 4.48. The highest BCUT2D eigenvalue weighted by atomic mass is 32.2. The van der Waals surface area contributed by atoms with Gasteiger partial charge in [-0.2, -0.15) is 8.78 Å². The molecule has 0 fully saturated rings. The van der Waals surface area contributed by atoms with Gasteiger partial charge in [-0.3, -0.25) is 4.79 Å². The summed E-state index contributed by atoms with van der Waals surface area (Å²) in [7, 11) is -4.70. The van der Waals surface area contributed by atoms with E-state index in [-0.39, 0.29) is 11.4 Å². The van der Waals surface area contributed by atoms with Crippen LogP contribution in [0.2, 0.25) is 0 Å². The lowest BCUT2D eigenvalue weighted by Gasteiger charge is -2.07. The topological polar surface area (TPSA) is 103 Å². The van der Waals surface area contributed by atoms with E-state index in [1.165, 1.54) is 6.26 Å². The summed E-state index contributed by atoms with van der Waals surface area (Å²) in [5.41, 5.74) is 0.713. The van der Waals surface area contributed by atoms with Crippen molar-refractivity contribution in [1.29, 1.82) is 0 Å². The Morgan fingerprint density at radius 2 is 1.84 bits per heavy atom. The quantitative estimate of drug-likeness (QED) is 0.780. The Labute approximate surface area is 141 Å². The summed E-state index contributed by atoms with van der Waals surface area (Å²) in [6.45, 7) is 1.03. The van der Waals surface area contributed by atoms with Gasteiger partial charge in [0.25, 0.3) is 5.91 Å². The summed E-state index contributed by atoms with van der Waals surface area (Å²) >= 11 is 0. The molecule has 25 heavy (non-hydrogen) atoms. The number of benzene rings is 1. The van der Waals surface area contributed by atoms with Crippen LogP contribution in [-0.4, -0.2) is 32.7 Å². The van der Waals surface area contributed by atoms with E-state index in [0.717, 1.165) is 24.3 Å². The molecular formula is C15H13F2NO6S. The van der Waals surface area contributed by atoms with Gasteiger partial charge in [-0.1, -0.05) is 0 Å². The number of amides is 1. The molecule has 0 saturated heterocycles. The Balaban J connectivity index is 1.93. The Kier molecular flexibility index (Phi) is 5.52. The van der Waals surface area contributed by atoms with Crippen LogP contribution < -0.4 is 5.32 Å². The predicted molar refractivity (Wildman–Crippen MR) is 82.0 cm³/mol. The first-order chi connectivity index (χ1) is 11.7. The van der Waals surface area contributed by atoms with Gasteiger partial charge in [-0.25, -0.2) is 13.2 Å². The summed E-state index contributed by atoms with van der Waals surface area (Å²) in [6.07, 6.45) is 1.31. The van der Waals surface area contributed by atoms with Crippen LogP contribution in [-0.2, 0) is 19.4 Å². The van der Waals surface area contributed by atoms with Crippen molar-refractivity contribution in [2.75, 3.05) is 11.9 Å². The number of hydrogen-bond donors (Lipinski definition) is 1. The van der Waals surface area contributed by atoms with Crippen LogP contribution in [0.1, 0.15) is 16.1 Å². The summed E-state index contributed by atoms with van der Waals surface area (Å²) in [4.78, 5) is 22.8. The van der Waals surface area contributed by atoms with Crippen LogP contribution in [0.15, 0.2) is 45.9 Å². The van der Waals surface area contributed by atoms with E-state index >= 15 is 0 Å². The van der Waals surface area contributed by atoms with Crippen LogP contribution in [0.3, 0.4) is 0 Å². The van der Waals surface area contributed by atoms with Crippen molar-refractivity contribution in [1.82, 2.24) is 0 Å². The highest BCUT2D eigenvalue weighted by Crippen LogP contribution is 2.20. The van der Waals surface area contributed by atoms with Gasteiger partial charge in [-0.15, -0.1) is 0 Å². The lowest BCUT2D eigenvalue weighted by atomic mass is 10.3. The number of aryl methyl sites for hydroxylation is 1. The molecule has 2 rings (SSSR count). The van der Waals surface area contributed by atoms with Gasteiger partial charge in [0.1, 0.15) is 0 Å². The maximum Gasteiger partial charge on any atom is 0.375 e. The highest BCUT2D eigenvalue weighted by Gasteiger charge is 2.26. The van der Waals surface area contributed by atoms with E-state index in [4.69, 9.17) is 9.15 Å². The summed E-state index contributed by atoms with van der Waals surface area (Å²) in [5, 5.41) is 2.34. The molecule has 0 aliphatic rings. The fourth-order valence-corrected chi connectivity index (χ4v) is 2.53. The largest absolute Gasteiger partial charge is 0.457 e. The first-order valence-corrected chi connectivity index (χ1v) is 8.39. The van der Waals surface area contributed by atoms with Crippen molar-refractivity contribution in [2.45, 2.75) is 17.6 Å². The van der Waals surface area contributed by atoms with E-state index in [9.17, 15) is 26.8 Å². The molecule has 0 aliphatic carbocycles. The molecule has 1 amide bonds. The molecule has 1 heterocycles. The van der Waals surface area contributed by atoms with Crippen molar-refractivity contribution in [2.24, 2.45) is 0 Å². The molecule has 0 saturated carbocycles. The van der Waals surface area contributed by atoms with E-state index in [1.54, 1.807) is 13.0 Å². The number of anilines is 1. The van der Waals surface area contributed by atoms with Gasteiger partial charge >= 0.3 is 11.7 Å². The number of ether oxygens (including phenoxy) is 1. The Hall–Kier alpha value is -2.75. The molecule has 0 unspecified atom stereocenters. The molecule has 0 spiro atoms. The van der Waals surface area contributed by atoms with Gasteiger partial charge in [0, 0.05) is 11.3 Å². The summed E-state index contributed by atoms with van der Waals surface area (Å²) < 4.78 is 57.1. The van der Waals surface area contributed by atoms with Crippen LogP contribution in [0.25, 0.3) is 0 Å². The van der Waals surface area contributed by atoms with Crippen molar-refractivity contribution in [3.63, 3.8) is 0 Å². The second-order valence-corrected chi connectivity index (χ2v) is 6.80.